The van der Waals surface area contributed by atoms with Crippen molar-refractivity contribution in [1.82, 2.24) is 9.88 Å². The molecule has 0 spiro atoms. The Balaban J connectivity index is 1.91. The molecule has 0 amide bonds. The molecular weight excluding hydrogens is 334 g/mol. The second-order valence-electron chi connectivity index (χ2n) is 7.14. The van der Waals surface area contributed by atoms with Crippen LogP contribution < -0.4 is 10.1 Å². The minimum absolute atomic E-state index is 0.848. The molecule has 0 saturated carbocycles. The van der Waals surface area contributed by atoms with Gasteiger partial charge in [-0.3, -0.25) is 0 Å². The van der Waals surface area contributed by atoms with E-state index in [9.17, 15) is 0 Å². The third-order valence-corrected chi connectivity index (χ3v) is 4.96. The van der Waals surface area contributed by atoms with E-state index in [4.69, 9.17) is 9.72 Å². The molecule has 0 saturated heterocycles. The molecule has 0 atom stereocenters. The third kappa shape index (κ3) is 3.40. The first-order valence-corrected chi connectivity index (χ1v) is 9.35. The smallest absolute Gasteiger partial charge is 0.119 e. The van der Waals surface area contributed by atoms with E-state index in [1.807, 2.05) is 12.1 Å². The topological polar surface area (TPSA) is 37.4 Å². The zero-order valence-electron chi connectivity index (χ0n) is 16.1. The van der Waals surface area contributed by atoms with E-state index < -0.39 is 0 Å². The first-order chi connectivity index (χ1) is 13.2. The lowest BCUT2D eigenvalue weighted by Crippen LogP contribution is -2.16. The number of benzene rings is 3. The van der Waals surface area contributed by atoms with E-state index in [1.54, 1.807) is 7.11 Å². The number of nitrogens with zero attached hydrogens (tertiary/aromatic N) is 2. The standard InChI is InChI=1S/C23H25N3O/c1-26(2)14-6-13-24-22-19-11-9-16-7-4-5-8-18(16)23(19)25-21-12-10-17(27-3)15-20(21)22/h4-5,7-12,15H,6,13-14H2,1-3H3,(H,24,25). The number of fused-ring (bicyclic) bond motifs is 4. The van der Waals surface area contributed by atoms with E-state index in [1.165, 1.54) is 10.8 Å². The molecule has 0 aliphatic heterocycles. The average molecular weight is 359 g/mol. The Labute approximate surface area is 159 Å². The number of hydrogen-bond donors (Lipinski definition) is 1. The maximum Gasteiger partial charge on any atom is 0.119 e. The van der Waals surface area contributed by atoms with Gasteiger partial charge >= 0.3 is 0 Å². The van der Waals surface area contributed by atoms with Gasteiger partial charge in [0.2, 0.25) is 0 Å². The quantitative estimate of drug-likeness (QED) is 0.301. The van der Waals surface area contributed by atoms with Gasteiger partial charge in [-0.1, -0.05) is 36.4 Å². The van der Waals surface area contributed by atoms with Crippen molar-refractivity contribution < 1.29 is 4.74 Å². The van der Waals surface area contributed by atoms with Crippen molar-refractivity contribution in [2.45, 2.75) is 6.42 Å². The summed E-state index contributed by atoms with van der Waals surface area (Å²) in [5.74, 6) is 0.848. The molecule has 4 heteroatoms. The molecule has 0 aliphatic carbocycles. The fourth-order valence-electron chi connectivity index (χ4n) is 3.58. The highest BCUT2D eigenvalue weighted by Crippen LogP contribution is 2.36. The Morgan fingerprint density at radius 3 is 2.63 bits per heavy atom. The molecule has 0 aliphatic rings. The second-order valence-corrected chi connectivity index (χ2v) is 7.14. The van der Waals surface area contributed by atoms with Gasteiger partial charge in [-0.15, -0.1) is 0 Å². The SMILES string of the molecule is COc1ccc2nc3c(ccc4ccccc43)c(NCCCN(C)C)c2c1. The summed E-state index contributed by atoms with van der Waals surface area (Å²) in [6, 6.07) is 18.9. The van der Waals surface area contributed by atoms with Crippen LogP contribution in [0.4, 0.5) is 5.69 Å². The Kier molecular flexibility index (Phi) is 4.82. The molecule has 0 unspecified atom stereocenters. The highest BCUT2D eigenvalue weighted by atomic mass is 16.5. The fraction of sp³-hybridized carbons (Fsp3) is 0.261. The Hall–Kier alpha value is -2.85. The van der Waals surface area contributed by atoms with Crippen LogP contribution >= 0.6 is 0 Å². The number of hydrogen-bond acceptors (Lipinski definition) is 4. The van der Waals surface area contributed by atoms with E-state index in [-0.39, 0.29) is 0 Å². The highest BCUT2D eigenvalue weighted by Gasteiger charge is 2.12. The number of ether oxygens (including phenoxy) is 1. The van der Waals surface area contributed by atoms with Crippen molar-refractivity contribution in [2.24, 2.45) is 0 Å². The van der Waals surface area contributed by atoms with Crippen molar-refractivity contribution >= 4 is 38.3 Å². The predicted molar refractivity (Wildman–Crippen MR) is 115 cm³/mol. The van der Waals surface area contributed by atoms with Crippen molar-refractivity contribution in [1.29, 1.82) is 0 Å². The number of methoxy groups -OCH3 is 1. The molecule has 3 aromatic carbocycles. The molecule has 0 fully saturated rings. The number of pyridine rings is 1. The molecule has 0 radical (unpaired) electrons. The first-order valence-electron chi connectivity index (χ1n) is 9.35. The van der Waals surface area contributed by atoms with Crippen LogP contribution in [0.15, 0.2) is 54.6 Å². The zero-order chi connectivity index (χ0) is 18.8. The van der Waals surface area contributed by atoms with Crippen molar-refractivity contribution in [3.63, 3.8) is 0 Å². The Morgan fingerprint density at radius 2 is 1.81 bits per heavy atom. The van der Waals surface area contributed by atoms with Gasteiger partial charge in [0.05, 0.1) is 23.8 Å². The van der Waals surface area contributed by atoms with Crippen LogP contribution in [0.2, 0.25) is 0 Å². The van der Waals surface area contributed by atoms with E-state index in [2.05, 4.69) is 66.8 Å². The number of nitrogens with one attached hydrogen (secondary N) is 1. The summed E-state index contributed by atoms with van der Waals surface area (Å²) >= 11 is 0. The van der Waals surface area contributed by atoms with Crippen LogP contribution in [-0.2, 0) is 0 Å². The second kappa shape index (κ2) is 7.41. The highest BCUT2D eigenvalue weighted by molar-refractivity contribution is 6.16. The summed E-state index contributed by atoms with van der Waals surface area (Å²) in [5, 5.41) is 8.33. The van der Waals surface area contributed by atoms with Gasteiger partial charge in [0.25, 0.3) is 0 Å². The summed E-state index contributed by atoms with van der Waals surface area (Å²) in [6.07, 6.45) is 1.08. The molecule has 4 rings (SSSR count). The molecular formula is C23H25N3O. The molecule has 1 aromatic heterocycles. The van der Waals surface area contributed by atoms with Crippen molar-refractivity contribution in [3.8, 4) is 5.75 Å². The maximum atomic E-state index is 5.45. The largest absolute Gasteiger partial charge is 0.497 e. The number of rotatable bonds is 6. The van der Waals surface area contributed by atoms with Gasteiger partial charge in [0.15, 0.2) is 0 Å². The molecule has 1 N–H and O–H groups in total. The summed E-state index contributed by atoms with van der Waals surface area (Å²) in [6.45, 7) is 1.97. The summed E-state index contributed by atoms with van der Waals surface area (Å²) in [5.41, 5.74) is 3.16. The van der Waals surface area contributed by atoms with Crippen LogP contribution in [0.5, 0.6) is 5.75 Å². The van der Waals surface area contributed by atoms with E-state index >= 15 is 0 Å². The molecule has 138 valence electrons. The summed E-state index contributed by atoms with van der Waals surface area (Å²) in [4.78, 5) is 7.20. The van der Waals surface area contributed by atoms with Gasteiger partial charge in [-0.05, 0) is 50.6 Å². The van der Waals surface area contributed by atoms with Gasteiger partial charge in [0.1, 0.15) is 5.75 Å². The number of anilines is 1. The lowest BCUT2D eigenvalue weighted by molar-refractivity contribution is 0.405. The molecule has 27 heavy (non-hydrogen) atoms. The zero-order valence-corrected chi connectivity index (χ0v) is 16.1. The van der Waals surface area contributed by atoms with Crippen LogP contribution in [0.1, 0.15) is 6.42 Å². The van der Waals surface area contributed by atoms with Crippen LogP contribution in [0, 0.1) is 0 Å². The van der Waals surface area contributed by atoms with E-state index in [0.29, 0.717) is 0 Å². The van der Waals surface area contributed by atoms with Gasteiger partial charge in [-0.25, -0.2) is 4.98 Å². The van der Waals surface area contributed by atoms with Gasteiger partial charge in [-0.2, -0.15) is 0 Å². The minimum atomic E-state index is 0.848. The Bertz CT molecular complexity index is 1100. The third-order valence-electron chi connectivity index (χ3n) is 4.96. The fourth-order valence-corrected chi connectivity index (χ4v) is 3.58. The molecule has 0 bridgehead atoms. The maximum absolute atomic E-state index is 5.45. The minimum Gasteiger partial charge on any atom is -0.497 e. The number of aromatic nitrogens is 1. The average Bonchev–Trinajstić information content (AvgIpc) is 2.69. The van der Waals surface area contributed by atoms with Crippen LogP contribution in [-0.4, -0.2) is 44.2 Å². The van der Waals surface area contributed by atoms with Gasteiger partial charge < -0.3 is 15.0 Å². The van der Waals surface area contributed by atoms with Crippen LogP contribution in [0.3, 0.4) is 0 Å². The van der Waals surface area contributed by atoms with E-state index in [0.717, 1.165) is 52.8 Å². The first kappa shape index (κ1) is 17.6. The lowest BCUT2D eigenvalue weighted by atomic mass is 10.0. The molecule has 4 nitrogen and oxygen atoms in total. The van der Waals surface area contributed by atoms with Crippen LogP contribution in [0.25, 0.3) is 32.6 Å². The van der Waals surface area contributed by atoms with Crippen molar-refractivity contribution in [2.75, 3.05) is 39.6 Å². The monoisotopic (exact) mass is 359 g/mol. The Morgan fingerprint density at radius 1 is 0.963 bits per heavy atom. The van der Waals surface area contributed by atoms with Crippen molar-refractivity contribution in [3.05, 3.63) is 54.6 Å². The predicted octanol–water partition coefficient (Wildman–Crippen LogP) is 4.91. The summed E-state index contributed by atoms with van der Waals surface area (Å²) in [7, 11) is 5.91. The van der Waals surface area contributed by atoms with Gasteiger partial charge in [0, 0.05) is 22.7 Å². The normalized spacial score (nSPS) is 11.6. The molecule has 4 aromatic rings. The lowest BCUT2D eigenvalue weighted by Gasteiger charge is -2.16. The summed E-state index contributed by atoms with van der Waals surface area (Å²) < 4.78 is 5.45. The molecule has 1 heterocycles.